The van der Waals surface area contributed by atoms with Crippen LogP contribution in [0.4, 0.5) is 19.0 Å². The Hall–Kier alpha value is -2.67. The van der Waals surface area contributed by atoms with Crippen molar-refractivity contribution < 1.29 is 40.0 Å². The SMILES string of the molecule is COC(=O)c1ccc2nc(OS(=O)(=O)C(F)(F)F)c(N3CCOCC3C)nc2c1. The Balaban J connectivity index is 2.17. The number of hydrogen-bond donors (Lipinski definition) is 0. The number of carbonyl (C=O) groups is 1. The molecule has 1 fully saturated rings. The highest BCUT2D eigenvalue weighted by molar-refractivity contribution is 7.88. The van der Waals surface area contributed by atoms with E-state index in [4.69, 9.17) is 4.74 Å². The number of hydrogen-bond acceptors (Lipinski definition) is 9. The lowest BCUT2D eigenvalue weighted by Crippen LogP contribution is -2.44. The molecule has 0 aliphatic carbocycles. The van der Waals surface area contributed by atoms with E-state index >= 15 is 0 Å². The third-order valence-corrected chi connectivity index (χ3v) is 5.09. The fourth-order valence-electron chi connectivity index (χ4n) is 2.71. The van der Waals surface area contributed by atoms with E-state index in [1.54, 1.807) is 6.92 Å². The molecule has 9 nitrogen and oxygen atoms in total. The molecular weight excluding hydrogens is 419 g/mol. The number of aromatic nitrogens is 2. The van der Waals surface area contributed by atoms with Crippen molar-refractivity contribution in [2.45, 2.75) is 18.5 Å². The molecule has 13 heteroatoms. The molecule has 2 aromatic rings. The summed E-state index contributed by atoms with van der Waals surface area (Å²) in [7, 11) is -4.77. The summed E-state index contributed by atoms with van der Waals surface area (Å²) in [6.07, 6.45) is 0. The number of anilines is 1. The fourth-order valence-corrected chi connectivity index (χ4v) is 3.12. The number of benzene rings is 1. The highest BCUT2D eigenvalue weighted by atomic mass is 32.2. The second-order valence-corrected chi connectivity index (χ2v) is 7.69. The lowest BCUT2D eigenvalue weighted by molar-refractivity contribution is -0.0501. The van der Waals surface area contributed by atoms with Crippen molar-refractivity contribution in [3.63, 3.8) is 0 Å². The fraction of sp³-hybridized carbons (Fsp3) is 0.438. The van der Waals surface area contributed by atoms with Crippen LogP contribution in [0.1, 0.15) is 17.3 Å². The number of ether oxygens (including phenoxy) is 2. The third-order valence-electron chi connectivity index (χ3n) is 4.15. The maximum Gasteiger partial charge on any atom is 0.534 e. The van der Waals surface area contributed by atoms with Gasteiger partial charge in [0.1, 0.15) is 0 Å². The minimum absolute atomic E-state index is 0.0368. The van der Waals surface area contributed by atoms with E-state index in [0.717, 1.165) is 0 Å². The number of methoxy groups -OCH3 is 1. The molecule has 0 saturated carbocycles. The van der Waals surface area contributed by atoms with Crippen molar-refractivity contribution in [3.8, 4) is 5.88 Å². The quantitative estimate of drug-likeness (QED) is 0.404. The number of rotatable bonds is 4. The van der Waals surface area contributed by atoms with Gasteiger partial charge >= 0.3 is 21.6 Å². The molecule has 0 amide bonds. The van der Waals surface area contributed by atoms with Gasteiger partial charge < -0.3 is 18.6 Å². The third kappa shape index (κ3) is 4.19. The molecule has 158 valence electrons. The van der Waals surface area contributed by atoms with Gasteiger partial charge in [0, 0.05) is 6.54 Å². The average Bonchev–Trinajstić information content (AvgIpc) is 2.66. The van der Waals surface area contributed by atoms with Gasteiger partial charge in [-0.3, -0.25) is 0 Å². The van der Waals surface area contributed by atoms with Crippen LogP contribution in [0.3, 0.4) is 0 Å². The molecule has 1 aromatic carbocycles. The van der Waals surface area contributed by atoms with Crippen LogP contribution in [0, 0.1) is 0 Å². The van der Waals surface area contributed by atoms with E-state index in [2.05, 4.69) is 18.9 Å². The zero-order valence-electron chi connectivity index (χ0n) is 15.3. The average molecular weight is 435 g/mol. The van der Waals surface area contributed by atoms with E-state index < -0.39 is 27.5 Å². The first-order valence-electron chi connectivity index (χ1n) is 8.29. The van der Waals surface area contributed by atoms with Crippen molar-refractivity contribution in [3.05, 3.63) is 23.8 Å². The molecule has 1 aromatic heterocycles. The molecule has 1 unspecified atom stereocenters. The summed E-state index contributed by atoms with van der Waals surface area (Å²) in [5.74, 6) is -1.66. The zero-order valence-corrected chi connectivity index (χ0v) is 16.1. The van der Waals surface area contributed by atoms with Crippen molar-refractivity contribution >= 4 is 32.9 Å². The number of nitrogens with zero attached hydrogens (tertiary/aromatic N) is 3. The Morgan fingerprint density at radius 3 is 2.62 bits per heavy atom. The van der Waals surface area contributed by atoms with E-state index in [-0.39, 0.29) is 48.2 Å². The first kappa shape index (κ1) is 21.0. The van der Waals surface area contributed by atoms with Crippen LogP contribution in [0.5, 0.6) is 5.88 Å². The topological polar surface area (TPSA) is 108 Å². The van der Waals surface area contributed by atoms with Crippen molar-refractivity contribution in [2.24, 2.45) is 0 Å². The van der Waals surface area contributed by atoms with Gasteiger partial charge in [-0.2, -0.15) is 21.6 Å². The molecule has 1 saturated heterocycles. The predicted octanol–water partition coefficient (Wildman–Crippen LogP) is 1.87. The van der Waals surface area contributed by atoms with Gasteiger partial charge in [-0.05, 0) is 25.1 Å². The minimum atomic E-state index is -5.96. The molecule has 1 atom stereocenters. The lowest BCUT2D eigenvalue weighted by Gasteiger charge is -2.34. The summed E-state index contributed by atoms with van der Waals surface area (Å²) in [6, 6.07) is 3.62. The normalized spacial score (nSPS) is 18.0. The van der Waals surface area contributed by atoms with Gasteiger partial charge in [0.15, 0.2) is 5.82 Å². The van der Waals surface area contributed by atoms with Gasteiger partial charge in [-0.25, -0.2) is 14.8 Å². The maximum atomic E-state index is 12.8. The number of morpholine rings is 1. The Kier molecular flexibility index (Phi) is 5.54. The Bertz CT molecular complexity index is 1040. The van der Waals surface area contributed by atoms with Crippen LogP contribution in [0.2, 0.25) is 0 Å². The van der Waals surface area contributed by atoms with Gasteiger partial charge in [0.2, 0.25) is 0 Å². The Morgan fingerprint density at radius 1 is 1.28 bits per heavy atom. The summed E-state index contributed by atoms with van der Waals surface area (Å²) < 4.78 is 75.8. The monoisotopic (exact) mass is 435 g/mol. The summed E-state index contributed by atoms with van der Waals surface area (Å²) in [4.78, 5) is 21.4. The van der Waals surface area contributed by atoms with Gasteiger partial charge in [-0.15, -0.1) is 0 Å². The van der Waals surface area contributed by atoms with Crippen LogP contribution < -0.4 is 9.08 Å². The molecule has 2 heterocycles. The second-order valence-electron chi connectivity index (χ2n) is 6.15. The van der Waals surface area contributed by atoms with Crippen molar-refractivity contribution in [1.82, 2.24) is 9.97 Å². The van der Waals surface area contributed by atoms with E-state index in [1.165, 1.54) is 30.2 Å². The van der Waals surface area contributed by atoms with Gasteiger partial charge in [0.25, 0.3) is 5.88 Å². The summed E-state index contributed by atoms with van der Waals surface area (Å²) in [6.45, 7) is 2.43. The number of alkyl halides is 3. The Morgan fingerprint density at radius 2 is 2.00 bits per heavy atom. The van der Waals surface area contributed by atoms with Crippen molar-refractivity contribution in [1.29, 1.82) is 0 Å². The molecule has 29 heavy (non-hydrogen) atoms. The minimum Gasteiger partial charge on any atom is -0.465 e. The maximum absolute atomic E-state index is 12.8. The standard InChI is InChI=1S/C16H16F3N3O6S/c1-9-8-27-6-5-22(9)13-14(28-29(24,25)16(17,18)19)21-11-4-3-10(15(23)26-2)7-12(11)20-13/h3-4,7,9H,5-6,8H2,1-2H3. The van der Waals surface area contributed by atoms with E-state index in [0.29, 0.717) is 0 Å². The summed E-state index contributed by atoms with van der Waals surface area (Å²) in [5.41, 5.74) is -5.30. The molecule has 0 bridgehead atoms. The van der Waals surface area contributed by atoms with Crippen molar-refractivity contribution in [2.75, 3.05) is 31.8 Å². The summed E-state index contributed by atoms with van der Waals surface area (Å²) >= 11 is 0. The van der Waals surface area contributed by atoms with Crippen LogP contribution in [0.25, 0.3) is 11.0 Å². The molecule has 0 radical (unpaired) electrons. The Labute approximate surface area is 163 Å². The van der Waals surface area contributed by atoms with Crippen LogP contribution in [-0.2, 0) is 19.6 Å². The molecule has 0 spiro atoms. The highest BCUT2D eigenvalue weighted by Gasteiger charge is 2.49. The lowest BCUT2D eigenvalue weighted by atomic mass is 10.2. The smallest absolute Gasteiger partial charge is 0.465 e. The molecule has 0 N–H and O–H groups in total. The highest BCUT2D eigenvalue weighted by Crippen LogP contribution is 2.34. The predicted molar refractivity (Wildman–Crippen MR) is 94.1 cm³/mol. The van der Waals surface area contributed by atoms with Gasteiger partial charge in [0.05, 0.1) is 43.0 Å². The number of halogens is 3. The first-order chi connectivity index (χ1) is 13.5. The molecule has 3 rings (SSSR count). The first-order valence-corrected chi connectivity index (χ1v) is 9.69. The summed E-state index contributed by atoms with van der Waals surface area (Å²) in [5, 5.41) is 0. The van der Waals surface area contributed by atoms with E-state index in [9.17, 15) is 26.4 Å². The largest absolute Gasteiger partial charge is 0.534 e. The second kappa shape index (κ2) is 7.63. The molecular formula is C16H16F3N3O6S. The zero-order chi connectivity index (χ0) is 21.4. The number of esters is 1. The van der Waals surface area contributed by atoms with E-state index in [1.807, 2.05) is 0 Å². The number of carbonyl (C=O) groups excluding carboxylic acids is 1. The number of fused-ring (bicyclic) bond motifs is 1. The van der Waals surface area contributed by atoms with Crippen LogP contribution >= 0.6 is 0 Å². The molecule has 1 aliphatic rings. The van der Waals surface area contributed by atoms with Crippen LogP contribution in [-0.4, -0.2) is 62.8 Å². The van der Waals surface area contributed by atoms with Crippen LogP contribution in [0.15, 0.2) is 18.2 Å². The molecule has 1 aliphatic heterocycles. The van der Waals surface area contributed by atoms with Gasteiger partial charge in [-0.1, -0.05) is 0 Å².